The first-order valence-electron chi connectivity index (χ1n) is 5.80. The van der Waals surface area contributed by atoms with Crippen molar-refractivity contribution in [2.24, 2.45) is 0 Å². The fraction of sp³-hybridized carbons (Fsp3) is 0.462. The average molecular weight is 253 g/mol. The van der Waals surface area contributed by atoms with Gasteiger partial charge in [0.2, 0.25) is 5.91 Å². The number of rotatable bonds is 7. The van der Waals surface area contributed by atoms with Gasteiger partial charge in [0.05, 0.1) is 19.9 Å². The summed E-state index contributed by atoms with van der Waals surface area (Å²) in [7, 11) is 3.11. The van der Waals surface area contributed by atoms with Crippen LogP contribution < -0.4 is 14.8 Å². The summed E-state index contributed by atoms with van der Waals surface area (Å²) in [6.45, 7) is 2.60. The molecular formula is C13H19NO4. The van der Waals surface area contributed by atoms with Gasteiger partial charge in [-0.1, -0.05) is 6.92 Å². The highest BCUT2D eigenvalue weighted by Gasteiger charge is 2.08. The van der Waals surface area contributed by atoms with Crippen molar-refractivity contribution >= 4 is 11.6 Å². The molecule has 1 amide bonds. The highest BCUT2D eigenvalue weighted by Crippen LogP contribution is 2.28. The third kappa shape index (κ3) is 4.25. The van der Waals surface area contributed by atoms with Gasteiger partial charge in [0.1, 0.15) is 18.1 Å². The lowest BCUT2D eigenvalue weighted by molar-refractivity contribution is -0.120. The van der Waals surface area contributed by atoms with E-state index < -0.39 is 0 Å². The number of nitrogens with one attached hydrogen (secondary N) is 1. The first kappa shape index (κ1) is 14.3. The van der Waals surface area contributed by atoms with Gasteiger partial charge in [-0.3, -0.25) is 4.79 Å². The third-order valence-electron chi connectivity index (χ3n) is 2.26. The van der Waals surface area contributed by atoms with Crippen molar-refractivity contribution in [1.82, 2.24) is 0 Å². The van der Waals surface area contributed by atoms with Crippen LogP contribution in [0.5, 0.6) is 11.5 Å². The van der Waals surface area contributed by atoms with Crippen LogP contribution in [0.25, 0.3) is 0 Å². The molecule has 0 radical (unpaired) electrons. The van der Waals surface area contributed by atoms with Crippen molar-refractivity contribution in [3.63, 3.8) is 0 Å². The Labute approximate surface area is 107 Å². The molecule has 1 rings (SSSR count). The number of ether oxygens (including phenoxy) is 3. The molecule has 0 aliphatic carbocycles. The minimum atomic E-state index is -0.213. The number of carbonyl (C=O) groups is 1. The highest BCUT2D eigenvalue weighted by atomic mass is 16.5. The van der Waals surface area contributed by atoms with Crippen molar-refractivity contribution in [2.45, 2.75) is 13.3 Å². The van der Waals surface area contributed by atoms with Gasteiger partial charge in [-0.05, 0) is 18.6 Å². The first-order valence-corrected chi connectivity index (χ1v) is 5.80. The quantitative estimate of drug-likeness (QED) is 0.756. The smallest absolute Gasteiger partial charge is 0.250 e. The zero-order valence-corrected chi connectivity index (χ0v) is 11.0. The molecule has 0 aliphatic rings. The molecule has 0 saturated carbocycles. The van der Waals surface area contributed by atoms with E-state index in [1.54, 1.807) is 32.4 Å². The first-order chi connectivity index (χ1) is 8.71. The van der Waals surface area contributed by atoms with Gasteiger partial charge in [0, 0.05) is 12.7 Å². The summed E-state index contributed by atoms with van der Waals surface area (Å²) in [5.41, 5.74) is 0.571. The predicted octanol–water partition coefficient (Wildman–Crippen LogP) is 2.07. The van der Waals surface area contributed by atoms with Crippen LogP contribution >= 0.6 is 0 Å². The van der Waals surface area contributed by atoms with Crippen LogP contribution in [0.2, 0.25) is 0 Å². The summed E-state index contributed by atoms with van der Waals surface area (Å²) in [5, 5.41) is 2.73. The van der Waals surface area contributed by atoms with Crippen LogP contribution in [0.4, 0.5) is 5.69 Å². The Morgan fingerprint density at radius 2 is 2.06 bits per heavy atom. The molecule has 0 unspecified atom stereocenters. The number of carbonyl (C=O) groups excluding carboxylic acids is 1. The van der Waals surface area contributed by atoms with E-state index in [0.717, 1.165) is 6.42 Å². The minimum absolute atomic E-state index is 0.0359. The maximum absolute atomic E-state index is 11.6. The Balaban J connectivity index is 2.66. The van der Waals surface area contributed by atoms with Crippen molar-refractivity contribution < 1.29 is 19.0 Å². The Kier molecular flexibility index (Phi) is 6.00. The SMILES string of the molecule is CCCOCC(=O)Nc1cc(OC)ccc1OC. The molecule has 5 nitrogen and oxygen atoms in total. The highest BCUT2D eigenvalue weighted by molar-refractivity contribution is 5.93. The van der Waals surface area contributed by atoms with Gasteiger partial charge in [-0.15, -0.1) is 0 Å². The van der Waals surface area contributed by atoms with E-state index in [-0.39, 0.29) is 12.5 Å². The monoisotopic (exact) mass is 253 g/mol. The van der Waals surface area contributed by atoms with E-state index in [1.165, 1.54) is 0 Å². The summed E-state index contributed by atoms with van der Waals surface area (Å²) in [6, 6.07) is 5.21. The molecule has 0 spiro atoms. The van der Waals surface area contributed by atoms with Gasteiger partial charge in [0.25, 0.3) is 0 Å². The number of amides is 1. The fourth-order valence-electron chi connectivity index (χ4n) is 1.41. The van der Waals surface area contributed by atoms with E-state index in [1.807, 2.05) is 6.92 Å². The Bertz CT molecular complexity index is 393. The molecule has 0 heterocycles. The van der Waals surface area contributed by atoms with Gasteiger partial charge >= 0.3 is 0 Å². The van der Waals surface area contributed by atoms with E-state index in [9.17, 15) is 4.79 Å². The number of hydrogen-bond donors (Lipinski definition) is 1. The standard InChI is InChI=1S/C13H19NO4/c1-4-7-18-9-13(15)14-11-8-10(16-2)5-6-12(11)17-3/h5-6,8H,4,7,9H2,1-3H3,(H,14,15). The molecule has 18 heavy (non-hydrogen) atoms. The van der Waals surface area contributed by atoms with Crippen LogP contribution in [0.1, 0.15) is 13.3 Å². The Hall–Kier alpha value is -1.75. The van der Waals surface area contributed by atoms with E-state index >= 15 is 0 Å². The molecule has 0 aliphatic heterocycles. The molecule has 0 bridgehead atoms. The number of methoxy groups -OCH3 is 2. The summed E-state index contributed by atoms with van der Waals surface area (Å²) in [5.74, 6) is 1.02. The van der Waals surface area contributed by atoms with Crippen molar-refractivity contribution in [2.75, 3.05) is 32.8 Å². The molecule has 0 fully saturated rings. The van der Waals surface area contributed by atoms with Crippen LogP contribution in [0.3, 0.4) is 0 Å². The second kappa shape index (κ2) is 7.55. The molecule has 0 aromatic heterocycles. The zero-order valence-electron chi connectivity index (χ0n) is 11.0. The number of benzene rings is 1. The van der Waals surface area contributed by atoms with Crippen LogP contribution in [0, 0.1) is 0 Å². The number of anilines is 1. The maximum Gasteiger partial charge on any atom is 0.250 e. The molecule has 1 N–H and O–H groups in total. The van der Waals surface area contributed by atoms with E-state index in [2.05, 4.69) is 5.32 Å². The lowest BCUT2D eigenvalue weighted by Crippen LogP contribution is -2.19. The fourth-order valence-corrected chi connectivity index (χ4v) is 1.41. The maximum atomic E-state index is 11.6. The van der Waals surface area contributed by atoms with E-state index in [4.69, 9.17) is 14.2 Å². The lowest BCUT2D eigenvalue weighted by Gasteiger charge is -2.11. The predicted molar refractivity (Wildman–Crippen MR) is 69.3 cm³/mol. The third-order valence-corrected chi connectivity index (χ3v) is 2.26. The van der Waals surface area contributed by atoms with Crippen molar-refractivity contribution in [3.8, 4) is 11.5 Å². The van der Waals surface area contributed by atoms with E-state index in [0.29, 0.717) is 23.8 Å². The van der Waals surface area contributed by atoms with Crippen LogP contribution in [-0.4, -0.2) is 33.3 Å². The minimum Gasteiger partial charge on any atom is -0.497 e. The second-order valence-electron chi connectivity index (χ2n) is 3.67. The van der Waals surface area contributed by atoms with Gasteiger partial charge in [-0.2, -0.15) is 0 Å². The summed E-state index contributed by atoms with van der Waals surface area (Å²) < 4.78 is 15.4. The van der Waals surface area contributed by atoms with Gasteiger partial charge < -0.3 is 19.5 Å². The van der Waals surface area contributed by atoms with Gasteiger partial charge in [0.15, 0.2) is 0 Å². The normalized spacial score (nSPS) is 9.94. The number of hydrogen-bond acceptors (Lipinski definition) is 4. The molecule has 5 heteroatoms. The van der Waals surface area contributed by atoms with Crippen molar-refractivity contribution in [1.29, 1.82) is 0 Å². The molecule has 1 aromatic carbocycles. The topological polar surface area (TPSA) is 56.8 Å². The second-order valence-corrected chi connectivity index (χ2v) is 3.67. The Morgan fingerprint density at radius 3 is 2.67 bits per heavy atom. The zero-order chi connectivity index (χ0) is 13.4. The molecule has 100 valence electrons. The Morgan fingerprint density at radius 1 is 1.28 bits per heavy atom. The van der Waals surface area contributed by atoms with Crippen LogP contribution in [-0.2, 0) is 9.53 Å². The summed E-state index contributed by atoms with van der Waals surface area (Å²) >= 11 is 0. The molecular weight excluding hydrogens is 234 g/mol. The van der Waals surface area contributed by atoms with Crippen molar-refractivity contribution in [3.05, 3.63) is 18.2 Å². The average Bonchev–Trinajstić information content (AvgIpc) is 2.39. The molecule has 0 saturated heterocycles. The molecule has 0 atom stereocenters. The van der Waals surface area contributed by atoms with Crippen LogP contribution in [0.15, 0.2) is 18.2 Å². The lowest BCUT2D eigenvalue weighted by atomic mass is 10.2. The summed E-state index contributed by atoms with van der Waals surface area (Å²) in [4.78, 5) is 11.6. The summed E-state index contributed by atoms with van der Waals surface area (Å²) in [6.07, 6.45) is 0.885. The molecule has 1 aromatic rings. The largest absolute Gasteiger partial charge is 0.497 e. The van der Waals surface area contributed by atoms with Gasteiger partial charge in [-0.25, -0.2) is 0 Å².